The minimum Gasteiger partial charge on any atom is -0.466 e. The number of carbonyl (C=O) groups is 2. The second-order valence-electron chi connectivity index (χ2n) is 3.91. The van der Waals surface area contributed by atoms with Gasteiger partial charge in [0.05, 0.1) is 13.0 Å². The summed E-state index contributed by atoms with van der Waals surface area (Å²) < 4.78 is 9.77. The third-order valence-corrected chi connectivity index (χ3v) is 2.22. The molecule has 0 aromatic heterocycles. The van der Waals surface area contributed by atoms with E-state index in [1.165, 1.54) is 7.11 Å². The average molecular weight is 236 g/mol. The fraction of sp³-hybridized carbons (Fsp3) is 0.385. The maximum Gasteiger partial charge on any atom is 0.351 e. The molecule has 1 atom stereocenters. The molecule has 0 aliphatic heterocycles. The van der Waals surface area contributed by atoms with E-state index in [-0.39, 0.29) is 5.92 Å². The fourth-order valence-electron chi connectivity index (χ4n) is 1.24. The van der Waals surface area contributed by atoms with E-state index in [9.17, 15) is 9.59 Å². The van der Waals surface area contributed by atoms with Crippen molar-refractivity contribution in [3.05, 3.63) is 35.9 Å². The molecule has 4 nitrogen and oxygen atoms in total. The first kappa shape index (κ1) is 13.2. The number of benzene rings is 1. The second-order valence-corrected chi connectivity index (χ2v) is 3.91. The van der Waals surface area contributed by atoms with Crippen LogP contribution in [-0.4, -0.2) is 19.0 Å². The number of rotatable bonds is 4. The summed E-state index contributed by atoms with van der Waals surface area (Å²) in [7, 11) is 1.27. The molecule has 1 rings (SSSR count). The van der Waals surface area contributed by atoms with Gasteiger partial charge in [0.15, 0.2) is 0 Å². The van der Waals surface area contributed by atoms with Crippen LogP contribution in [0.3, 0.4) is 0 Å². The molecule has 0 heterocycles. The van der Waals surface area contributed by atoms with Gasteiger partial charge < -0.3 is 9.47 Å². The topological polar surface area (TPSA) is 52.6 Å². The van der Waals surface area contributed by atoms with Crippen molar-refractivity contribution in [2.45, 2.75) is 20.0 Å². The van der Waals surface area contributed by atoms with Crippen molar-refractivity contribution >= 4 is 11.9 Å². The van der Waals surface area contributed by atoms with E-state index in [0.29, 0.717) is 5.56 Å². The van der Waals surface area contributed by atoms with Gasteiger partial charge in [0, 0.05) is 5.56 Å². The highest BCUT2D eigenvalue weighted by atomic mass is 16.6. The molecule has 1 unspecified atom stereocenters. The van der Waals surface area contributed by atoms with E-state index in [4.69, 9.17) is 4.74 Å². The van der Waals surface area contributed by atoms with Crippen LogP contribution in [0.2, 0.25) is 0 Å². The van der Waals surface area contributed by atoms with Gasteiger partial charge in [-0.2, -0.15) is 0 Å². The Balaban J connectivity index is 2.90. The van der Waals surface area contributed by atoms with Gasteiger partial charge >= 0.3 is 11.9 Å². The second kappa shape index (κ2) is 6.03. The Hall–Kier alpha value is -1.84. The predicted octanol–water partition coefficient (Wildman–Crippen LogP) is 2.10. The summed E-state index contributed by atoms with van der Waals surface area (Å²) in [5.74, 6) is -1.29. The molecule has 1 aromatic rings. The first-order chi connectivity index (χ1) is 8.06. The molecule has 4 heteroatoms. The molecule has 1 aromatic carbocycles. The molecule has 0 radical (unpaired) electrons. The van der Waals surface area contributed by atoms with E-state index in [1.807, 2.05) is 6.07 Å². The van der Waals surface area contributed by atoms with Crippen molar-refractivity contribution in [1.29, 1.82) is 0 Å². The zero-order chi connectivity index (χ0) is 12.8. The van der Waals surface area contributed by atoms with Crippen LogP contribution in [0.25, 0.3) is 0 Å². The van der Waals surface area contributed by atoms with Crippen LogP contribution in [0.5, 0.6) is 0 Å². The summed E-state index contributed by atoms with van der Waals surface area (Å²) in [6.07, 6.45) is -0.990. The van der Waals surface area contributed by atoms with E-state index >= 15 is 0 Å². The molecule has 92 valence electrons. The molecular weight excluding hydrogens is 220 g/mol. The quantitative estimate of drug-likeness (QED) is 0.751. The Morgan fingerprint density at radius 2 is 1.65 bits per heavy atom. The minimum atomic E-state index is -0.990. The molecule has 0 fully saturated rings. The van der Waals surface area contributed by atoms with Gasteiger partial charge in [-0.3, -0.25) is 4.79 Å². The summed E-state index contributed by atoms with van der Waals surface area (Å²) in [4.78, 5) is 23.1. The van der Waals surface area contributed by atoms with Gasteiger partial charge in [-0.15, -0.1) is 0 Å². The molecule has 0 N–H and O–H groups in total. The lowest BCUT2D eigenvalue weighted by Gasteiger charge is -2.17. The maximum absolute atomic E-state index is 11.6. The molecule has 0 aliphatic carbocycles. The van der Waals surface area contributed by atoms with Crippen LogP contribution in [0.4, 0.5) is 0 Å². The Morgan fingerprint density at radius 3 is 2.12 bits per heavy atom. The first-order valence-corrected chi connectivity index (χ1v) is 5.39. The van der Waals surface area contributed by atoms with Crippen LogP contribution in [-0.2, 0) is 19.1 Å². The van der Waals surface area contributed by atoms with Crippen molar-refractivity contribution in [3.8, 4) is 0 Å². The van der Waals surface area contributed by atoms with Crippen LogP contribution in [0.15, 0.2) is 30.3 Å². The molecule has 0 amide bonds. The summed E-state index contributed by atoms with van der Waals surface area (Å²) in [5.41, 5.74) is 0.605. The molecule has 0 spiro atoms. The number of methoxy groups -OCH3 is 1. The number of hydrogen-bond donors (Lipinski definition) is 0. The zero-order valence-electron chi connectivity index (χ0n) is 10.2. The highest BCUT2D eigenvalue weighted by Gasteiger charge is 2.26. The summed E-state index contributed by atoms with van der Waals surface area (Å²) in [5, 5.41) is 0. The fourth-order valence-corrected chi connectivity index (χ4v) is 1.24. The highest BCUT2D eigenvalue weighted by Crippen LogP contribution is 2.20. The zero-order valence-corrected chi connectivity index (χ0v) is 10.2. The van der Waals surface area contributed by atoms with Crippen LogP contribution in [0.1, 0.15) is 25.5 Å². The smallest absolute Gasteiger partial charge is 0.351 e. The van der Waals surface area contributed by atoms with E-state index < -0.39 is 18.0 Å². The van der Waals surface area contributed by atoms with Gasteiger partial charge in [-0.05, 0) is 0 Å². The predicted molar refractivity (Wildman–Crippen MR) is 62.1 cm³/mol. The van der Waals surface area contributed by atoms with Gasteiger partial charge in [0.25, 0.3) is 0 Å². The molecular formula is C13H16O4. The monoisotopic (exact) mass is 236 g/mol. The normalized spacial score (nSPS) is 12.0. The Morgan fingerprint density at radius 1 is 1.06 bits per heavy atom. The van der Waals surface area contributed by atoms with Crippen molar-refractivity contribution in [2.75, 3.05) is 7.11 Å². The summed E-state index contributed by atoms with van der Waals surface area (Å²) in [6.45, 7) is 3.42. The van der Waals surface area contributed by atoms with Gasteiger partial charge in [0.2, 0.25) is 6.10 Å². The number of ether oxygens (including phenoxy) is 2. The van der Waals surface area contributed by atoms with Crippen molar-refractivity contribution in [2.24, 2.45) is 5.92 Å². The number of hydrogen-bond acceptors (Lipinski definition) is 4. The third-order valence-electron chi connectivity index (χ3n) is 2.22. The molecule has 0 saturated carbocycles. The van der Waals surface area contributed by atoms with E-state index in [1.54, 1.807) is 38.1 Å². The number of esters is 2. The standard InChI is InChI=1S/C13H16O4/c1-9(2)12(14)17-11(13(15)16-3)10-7-5-4-6-8-10/h4-9,11H,1-3H3. The van der Waals surface area contributed by atoms with E-state index in [2.05, 4.69) is 4.74 Å². The Labute approximate surface area is 101 Å². The van der Waals surface area contributed by atoms with Gasteiger partial charge in [-0.25, -0.2) is 4.79 Å². The van der Waals surface area contributed by atoms with Crippen LogP contribution in [0, 0.1) is 5.92 Å². The SMILES string of the molecule is COC(=O)C(OC(=O)C(C)C)c1ccccc1. The van der Waals surface area contributed by atoms with E-state index in [0.717, 1.165) is 0 Å². The largest absolute Gasteiger partial charge is 0.466 e. The van der Waals surface area contributed by atoms with Crippen molar-refractivity contribution in [1.82, 2.24) is 0 Å². The highest BCUT2D eigenvalue weighted by molar-refractivity contribution is 5.81. The molecule has 0 aliphatic rings. The Kier molecular flexibility index (Phi) is 4.69. The lowest BCUT2D eigenvalue weighted by atomic mass is 10.1. The average Bonchev–Trinajstić information content (AvgIpc) is 2.35. The Bertz CT molecular complexity index is 384. The third kappa shape index (κ3) is 3.59. The van der Waals surface area contributed by atoms with Gasteiger partial charge in [0.1, 0.15) is 0 Å². The van der Waals surface area contributed by atoms with Crippen LogP contribution < -0.4 is 0 Å². The maximum atomic E-state index is 11.6. The summed E-state index contributed by atoms with van der Waals surface area (Å²) in [6, 6.07) is 8.80. The van der Waals surface area contributed by atoms with Crippen molar-refractivity contribution < 1.29 is 19.1 Å². The molecule has 17 heavy (non-hydrogen) atoms. The summed E-state index contributed by atoms with van der Waals surface area (Å²) >= 11 is 0. The van der Waals surface area contributed by atoms with Crippen LogP contribution >= 0.6 is 0 Å². The van der Waals surface area contributed by atoms with Crippen molar-refractivity contribution in [3.63, 3.8) is 0 Å². The lowest BCUT2D eigenvalue weighted by molar-refractivity contribution is -0.168. The molecule has 0 saturated heterocycles. The first-order valence-electron chi connectivity index (χ1n) is 5.39. The minimum absolute atomic E-state index is 0.286. The molecule has 0 bridgehead atoms. The number of carbonyl (C=O) groups excluding carboxylic acids is 2. The lowest BCUT2D eigenvalue weighted by Crippen LogP contribution is -2.23. The van der Waals surface area contributed by atoms with Gasteiger partial charge in [-0.1, -0.05) is 44.2 Å².